The third-order valence-electron chi connectivity index (χ3n) is 0.954. The van der Waals surface area contributed by atoms with E-state index in [9.17, 15) is 9.59 Å². The van der Waals surface area contributed by atoms with Gasteiger partial charge in [0, 0.05) is 6.08 Å². The molecule has 0 aliphatic carbocycles. The summed E-state index contributed by atoms with van der Waals surface area (Å²) in [5.74, 6) is -0.661. The molecule has 0 saturated carbocycles. The van der Waals surface area contributed by atoms with Crippen LogP contribution in [-0.4, -0.2) is 18.4 Å². The fourth-order valence-electron chi connectivity index (χ4n) is 0.466. The standard InChI is InChI=1S/C9H12O3/c1-3-4-5-6-9(11)12-7-8(2)10/h3-6H,7H2,1-2H3/b4-3+,6-5+. The van der Waals surface area contributed by atoms with Gasteiger partial charge < -0.3 is 4.74 Å². The van der Waals surface area contributed by atoms with Crippen molar-refractivity contribution < 1.29 is 14.3 Å². The highest BCUT2D eigenvalue weighted by atomic mass is 16.5. The lowest BCUT2D eigenvalue weighted by Gasteiger charge is -1.95. The Morgan fingerprint density at radius 2 is 2.00 bits per heavy atom. The molecule has 0 aliphatic heterocycles. The molecule has 3 heteroatoms. The molecule has 0 rings (SSSR count). The molecule has 0 spiro atoms. The van der Waals surface area contributed by atoms with Gasteiger partial charge in [0.25, 0.3) is 0 Å². The minimum Gasteiger partial charge on any atom is -0.455 e. The van der Waals surface area contributed by atoms with Crippen molar-refractivity contribution in [2.45, 2.75) is 13.8 Å². The molecule has 66 valence electrons. The van der Waals surface area contributed by atoms with E-state index in [1.807, 2.05) is 6.92 Å². The van der Waals surface area contributed by atoms with Gasteiger partial charge in [-0.2, -0.15) is 0 Å². The number of hydrogen-bond donors (Lipinski definition) is 0. The van der Waals surface area contributed by atoms with Crippen molar-refractivity contribution in [2.24, 2.45) is 0 Å². The van der Waals surface area contributed by atoms with Crippen LogP contribution in [0.2, 0.25) is 0 Å². The Labute approximate surface area is 71.7 Å². The first-order valence-electron chi connectivity index (χ1n) is 3.62. The molecule has 0 aliphatic rings. The lowest BCUT2D eigenvalue weighted by molar-refractivity contribution is -0.142. The lowest BCUT2D eigenvalue weighted by atomic mass is 10.4. The fraction of sp³-hybridized carbons (Fsp3) is 0.333. The summed E-state index contributed by atoms with van der Waals surface area (Å²) in [7, 11) is 0. The van der Waals surface area contributed by atoms with Gasteiger partial charge in [-0.3, -0.25) is 4.79 Å². The Morgan fingerprint density at radius 1 is 1.33 bits per heavy atom. The normalized spacial score (nSPS) is 10.8. The Balaban J connectivity index is 3.67. The zero-order valence-corrected chi connectivity index (χ0v) is 7.24. The van der Waals surface area contributed by atoms with Crippen LogP contribution in [0.1, 0.15) is 13.8 Å². The van der Waals surface area contributed by atoms with Crippen LogP contribution in [0.4, 0.5) is 0 Å². The van der Waals surface area contributed by atoms with E-state index in [1.165, 1.54) is 13.0 Å². The van der Waals surface area contributed by atoms with Crippen LogP contribution in [-0.2, 0) is 14.3 Å². The summed E-state index contributed by atoms with van der Waals surface area (Å²) in [6.07, 6.45) is 6.31. The third kappa shape index (κ3) is 6.74. The van der Waals surface area contributed by atoms with E-state index >= 15 is 0 Å². The topological polar surface area (TPSA) is 43.4 Å². The zero-order chi connectivity index (χ0) is 9.40. The molecule has 0 saturated heterocycles. The van der Waals surface area contributed by atoms with Crippen LogP contribution < -0.4 is 0 Å². The summed E-state index contributed by atoms with van der Waals surface area (Å²) >= 11 is 0. The van der Waals surface area contributed by atoms with Crippen molar-refractivity contribution in [1.82, 2.24) is 0 Å². The number of rotatable bonds is 4. The molecule has 3 nitrogen and oxygen atoms in total. The molecule has 0 aromatic rings. The lowest BCUT2D eigenvalue weighted by Crippen LogP contribution is -2.08. The van der Waals surface area contributed by atoms with E-state index in [1.54, 1.807) is 18.2 Å². The zero-order valence-electron chi connectivity index (χ0n) is 7.24. The van der Waals surface area contributed by atoms with E-state index in [4.69, 9.17) is 0 Å². The maximum Gasteiger partial charge on any atom is 0.331 e. The maximum absolute atomic E-state index is 10.7. The highest BCUT2D eigenvalue weighted by molar-refractivity contribution is 5.85. The molecule has 12 heavy (non-hydrogen) atoms. The Bertz CT molecular complexity index is 214. The van der Waals surface area contributed by atoms with Crippen molar-refractivity contribution >= 4 is 11.8 Å². The molecule has 0 N–H and O–H groups in total. The van der Waals surface area contributed by atoms with E-state index < -0.39 is 5.97 Å². The molecule has 0 amide bonds. The van der Waals surface area contributed by atoms with Crippen molar-refractivity contribution in [1.29, 1.82) is 0 Å². The van der Waals surface area contributed by atoms with Crippen LogP contribution in [0.15, 0.2) is 24.3 Å². The average molecular weight is 168 g/mol. The van der Waals surface area contributed by atoms with Crippen molar-refractivity contribution in [3.8, 4) is 0 Å². The minimum atomic E-state index is -0.497. The third-order valence-corrected chi connectivity index (χ3v) is 0.954. The average Bonchev–Trinajstić information content (AvgIpc) is 2.01. The SMILES string of the molecule is C/C=C/C=C/C(=O)OCC(C)=O. The molecule has 0 unspecified atom stereocenters. The smallest absolute Gasteiger partial charge is 0.331 e. The Kier molecular flexibility index (Phi) is 5.61. The summed E-state index contributed by atoms with van der Waals surface area (Å²) in [6.45, 7) is 3.05. The second-order valence-corrected chi connectivity index (χ2v) is 2.19. The van der Waals surface area contributed by atoms with Crippen LogP contribution in [0.3, 0.4) is 0 Å². The number of allylic oxidation sites excluding steroid dienone is 3. The number of carbonyl (C=O) groups is 2. The van der Waals surface area contributed by atoms with Crippen LogP contribution >= 0.6 is 0 Å². The number of ketones is 1. The van der Waals surface area contributed by atoms with E-state index in [-0.39, 0.29) is 12.4 Å². The first kappa shape index (κ1) is 10.6. The Morgan fingerprint density at radius 3 is 2.50 bits per heavy atom. The van der Waals surface area contributed by atoms with Crippen LogP contribution in [0.5, 0.6) is 0 Å². The number of Topliss-reactive ketones (excluding diaryl/α,β-unsaturated/α-hetero) is 1. The van der Waals surface area contributed by atoms with Crippen LogP contribution in [0.25, 0.3) is 0 Å². The van der Waals surface area contributed by atoms with Gasteiger partial charge in [-0.25, -0.2) is 4.79 Å². The van der Waals surface area contributed by atoms with Gasteiger partial charge in [0.2, 0.25) is 0 Å². The van der Waals surface area contributed by atoms with Gasteiger partial charge in [0.1, 0.15) is 6.61 Å². The van der Waals surface area contributed by atoms with Crippen molar-refractivity contribution in [3.63, 3.8) is 0 Å². The fourth-order valence-corrected chi connectivity index (χ4v) is 0.466. The van der Waals surface area contributed by atoms with Gasteiger partial charge >= 0.3 is 5.97 Å². The predicted octanol–water partition coefficient (Wildman–Crippen LogP) is 1.25. The summed E-state index contributed by atoms with van der Waals surface area (Å²) < 4.78 is 4.54. The molecule has 0 fully saturated rings. The van der Waals surface area contributed by atoms with E-state index in [0.29, 0.717) is 0 Å². The molecular weight excluding hydrogens is 156 g/mol. The van der Waals surface area contributed by atoms with Gasteiger partial charge in [-0.15, -0.1) is 0 Å². The molecule has 0 atom stereocenters. The van der Waals surface area contributed by atoms with Gasteiger partial charge in [-0.1, -0.05) is 18.2 Å². The van der Waals surface area contributed by atoms with E-state index in [0.717, 1.165) is 0 Å². The van der Waals surface area contributed by atoms with Gasteiger partial charge in [0.05, 0.1) is 0 Å². The van der Waals surface area contributed by atoms with Crippen molar-refractivity contribution in [2.75, 3.05) is 6.61 Å². The molecule has 0 aromatic heterocycles. The highest BCUT2D eigenvalue weighted by Crippen LogP contribution is 1.83. The quantitative estimate of drug-likeness (QED) is 0.360. The first-order valence-corrected chi connectivity index (χ1v) is 3.62. The molecular formula is C9H12O3. The molecule has 0 aromatic carbocycles. The molecule has 0 heterocycles. The second kappa shape index (κ2) is 6.34. The molecule has 0 bridgehead atoms. The highest BCUT2D eigenvalue weighted by Gasteiger charge is 1.97. The number of carbonyl (C=O) groups excluding carboxylic acids is 2. The maximum atomic E-state index is 10.7. The number of esters is 1. The largest absolute Gasteiger partial charge is 0.455 e. The predicted molar refractivity (Wildman–Crippen MR) is 45.6 cm³/mol. The van der Waals surface area contributed by atoms with E-state index in [2.05, 4.69) is 4.74 Å². The first-order chi connectivity index (χ1) is 5.66. The summed E-state index contributed by atoms with van der Waals surface area (Å²) in [5.41, 5.74) is 0. The van der Waals surface area contributed by atoms with Gasteiger partial charge in [0.15, 0.2) is 5.78 Å². The summed E-state index contributed by atoms with van der Waals surface area (Å²) in [5, 5.41) is 0. The summed E-state index contributed by atoms with van der Waals surface area (Å²) in [4.78, 5) is 21.1. The van der Waals surface area contributed by atoms with Crippen LogP contribution in [0, 0.1) is 0 Å². The van der Waals surface area contributed by atoms with Crippen molar-refractivity contribution in [3.05, 3.63) is 24.3 Å². The second-order valence-electron chi connectivity index (χ2n) is 2.19. The molecule has 0 radical (unpaired) electrons. The number of ether oxygens (including phenoxy) is 1. The summed E-state index contributed by atoms with van der Waals surface area (Å²) in [6, 6.07) is 0. The Hall–Kier alpha value is -1.38. The monoisotopic (exact) mass is 168 g/mol. The minimum absolute atomic E-state index is 0.154. The van der Waals surface area contributed by atoms with Gasteiger partial charge in [-0.05, 0) is 13.8 Å². The number of hydrogen-bond acceptors (Lipinski definition) is 3.